The molecular formula is C7H3Cl6N. The number of pyridine rings is 1. The summed E-state index contributed by atoms with van der Waals surface area (Å²) >= 11 is 34.1. The Kier molecular flexibility index (Phi) is 4.08. The highest BCUT2D eigenvalue weighted by atomic mass is 35.6. The molecule has 0 amide bonds. The van der Waals surface area contributed by atoms with Crippen molar-refractivity contribution >= 4 is 69.6 Å². The van der Waals surface area contributed by atoms with Gasteiger partial charge in [-0.2, -0.15) is 0 Å². The maximum atomic E-state index is 5.88. The molecule has 0 saturated heterocycles. The first-order valence-electron chi connectivity index (χ1n) is 3.32. The lowest BCUT2D eigenvalue weighted by molar-refractivity contribution is 0.869. The van der Waals surface area contributed by atoms with Gasteiger partial charge in [-0.05, 0) is 6.07 Å². The minimum Gasteiger partial charge on any atom is -0.244 e. The number of hydrogen-bond acceptors (Lipinski definition) is 1. The molecule has 1 aromatic heterocycles. The van der Waals surface area contributed by atoms with Gasteiger partial charge in [-0.3, -0.25) is 0 Å². The lowest BCUT2D eigenvalue weighted by Crippen LogP contribution is -2.28. The lowest BCUT2D eigenvalue weighted by atomic mass is 10.2. The third-order valence-electron chi connectivity index (χ3n) is 1.45. The van der Waals surface area contributed by atoms with E-state index < -0.39 is 8.13 Å². The number of nitrogens with zero attached hydrogens (tertiary/aromatic N) is 1. The molecule has 1 aromatic rings. The molecule has 14 heavy (non-hydrogen) atoms. The molecule has 1 nitrogen and oxygen atoms in total. The summed E-state index contributed by atoms with van der Waals surface area (Å²) in [6.45, 7) is 0. The Bertz CT molecular complexity index is 314. The molecule has 1 rings (SSSR count). The standard InChI is InChI=1S/C7H3Cl6N/c8-5-2-1-4(3-14-5)6(9,10)7(11,12)13/h1-3H. The van der Waals surface area contributed by atoms with Crippen molar-refractivity contribution in [2.24, 2.45) is 0 Å². The van der Waals surface area contributed by atoms with E-state index in [4.69, 9.17) is 69.6 Å². The third kappa shape index (κ3) is 2.72. The summed E-state index contributed by atoms with van der Waals surface area (Å²) in [5.41, 5.74) is 0.366. The first-order chi connectivity index (χ1) is 6.25. The van der Waals surface area contributed by atoms with E-state index in [0.29, 0.717) is 10.7 Å². The van der Waals surface area contributed by atoms with Gasteiger partial charge in [-0.15, -0.1) is 0 Å². The molecule has 0 atom stereocenters. The van der Waals surface area contributed by atoms with Gasteiger partial charge in [0.05, 0.1) is 0 Å². The zero-order chi connectivity index (χ0) is 11.0. The minimum atomic E-state index is -1.84. The molecule has 0 aliphatic heterocycles. The van der Waals surface area contributed by atoms with Crippen LogP contribution in [-0.2, 0) is 4.33 Å². The normalized spacial score (nSPS) is 13.0. The van der Waals surface area contributed by atoms with Crippen LogP contribution in [0.25, 0.3) is 0 Å². The van der Waals surface area contributed by atoms with Crippen molar-refractivity contribution in [3.63, 3.8) is 0 Å². The van der Waals surface area contributed by atoms with Crippen LogP contribution in [0.3, 0.4) is 0 Å². The van der Waals surface area contributed by atoms with E-state index >= 15 is 0 Å². The van der Waals surface area contributed by atoms with E-state index in [9.17, 15) is 0 Å². The highest BCUT2D eigenvalue weighted by Gasteiger charge is 2.47. The largest absolute Gasteiger partial charge is 0.244 e. The van der Waals surface area contributed by atoms with Gasteiger partial charge in [0.25, 0.3) is 0 Å². The summed E-state index contributed by atoms with van der Waals surface area (Å²) in [7, 11) is 0. The van der Waals surface area contributed by atoms with Crippen molar-refractivity contribution in [1.82, 2.24) is 4.98 Å². The monoisotopic (exact) mass is 311 g/mol. The first-order valence-corrected chi connectivity index (χ1v) is 5.58. The van der Waals surface area contributed by atoms with E-state index in [1.165, 1.54) is 18.3 Å². The summed E-state index contributed by atoms with van der Waals surface area (Å²) < 4.78 is -3.50. The predicted molar refractivity (Wildman–Crippen MR) is 62.9 cm³/mol. The van der Waals surface area contributed by atoms with Crippen molar-refractivity contribution in [2.45, 2.75) is 8.13 Å². The molecule has 78 valence electrons. The second-order valence-corrected chi connectivity index (χ2v) is 6.44. The second-order valence-electron chi connectivity index (χ2n) is 2.44. The minimum absolute atomic E-state index is 0.308. The Balaban J connectivity index is 3.10. The van der Waals surface area contributed by atoms with E-state index in [1.54, 1.807) is 0 Å². The van der Waals surface area contributed by atoms with Crippen molar-refractivity contribution in [3.05, 3.63) is 29.0 Å². The first kappa shape index (κ1) is 13.0. The Morgan fingerprint density at radius 2 is 1.57 bits per heavy atom. The number of halogens is 6. The molecule has 0 unspecified atom stereocenters. The quantitative estimate of drug-likeness (QED) is 0.539. The fourth-order valence-corrected chi connectivity index (χ4v) is 1.39. The average Bonchev–Trinajstić information content (AvgIpc) is 2.03. The number of aromatic nitrogens is 1. The number of rotatable bonds is 1. The van der Waals surface area contributed by atoms with Crippen LogP contribution in [0.1, 0.15) is 5.56 Å². The molecule has 7 heteroatoms. The topological polar surface area (TPSA) is 12.9 Å². The van der Waals surface area contributed by atoms with Gasteiger partial charge in [0.2, 0.25) is 3.79 Å². The van der Waals surface area contributed by atoms with Crippen molar-refractivity contribution in [2.75, 3.05) is 0 Å². The van der Waals surface area contributed by atoms with Gasteiger partial charge in [0.15, 0.2) is 4.33 Å². The zero-order valence-corrected chi connectivity index (χ0v) is 11.0. The molecule has 1 heterocycles. The SMILES string of the molecule is Clc1ccc(C(Cl)(Cl)C(Cl)(Cl)Cl)cn1. The molecule has 0 N–H and O–H groups in total. The smallest absolute Gasteiger partial charge is 0.227 e. The van der Waals surface area contributed by atoms with Crippen LogP contribution in [-0.4, -0.2) is 8.78 Å². The molecule has 0 aliphatic carbocycles. The number of hydrogen-bond donors (Lipinski definition) is 0. The highest BCUT2D eigenvalue weighted by molar-refractivity contribution is 6.75. The summed E-state index contributed by atoms with van der Waals surface area (Å²) in [5, 5.41) is 0.308. The van der Waals surface area contributed by atoms with E-state index in [1.807, 2.05) is 0 Å². The van der Waals surface area contributed by atoms with Crippen molar-refractivity contribution in [3.8, 4) is 0 Å². The number of alkyl halides is 5. The van der Waals surface area contributed by atoms with E-state index in [0.717, 1.165) is 0 Å². The fourth-order valence-electron chi connectivity index (χ4n) is 0.725. The average molecular weight is 314 g/mol. The Morgan fingerprint density at radius 3 is 1.93 bits per heavy atom. The molecule has 0 fully saturated rings. The van der Waals surface area contributed by atoms with E-state index in [2.05, 4.69) is 4.98 Å². The molecule has 0 bridgehead atoms. The molecule has 0 spiro atoms. The van der Waals surface area contributed by atoms with Crippen LogP contribution in [0.4, 0.5) is 0 Å². The summed E-state index contributed by atoms with van der Waals surface area (Å²) in [4.78, 5) is 3.78. The van der Waals surface area contributed by atoms with Crippen LogP contribution in [0.15, 0.2) is 18.3 Å². The molecule has 0 aromatic carbocycles. The van der Waals surface area contributed by atoms with Gasteiger partial charge >= 0.3 is 0 Å². The van der Waals surface area contributed by atoms with Gasteiger partial charge in [0.1, 0.15) is 5.15 Å². The Labute approximate surface area is 111 Å². The van der Waals surface area contributed by atoms with Gasteiger partial charge in [-0.25, -0.2) is 4.98 Å². The van der Waals surface area contributed by atoms with Gasteiger partial charge in [0, 0.05) is 11.8 Å². The van der Waals surface area contributed by atoms with Crippen LogP contribution >= 0.6 is 69.6 Å². The second kappa shape index (κ2) is 4.40. The third-order valence-corrected chi connectivity index (χ3v) is 4.10. The molecule has 0 radical (unpaired) electrons. The molecule has 0 saturated carbocycles. The zero-order valence-electron chi connectivity index (χ0n) is 6.45. The van der Waals surface area contributed by atoms with E-state index in [-0.39, 0.29) is 0 Å². The fraction of sp³-hybridized carbons (Fsp3) is 0.286. The summed E-state index contributed by atoms with van der Waals surface area (Å²) in [5.74, 6) is 0. The maximum Gasteiger partial charge on any atom is 0.227 e. The van der Waals surface area contributed by atoms with Gasteiger partial charge in [-0.1, -0.05) is 75.7 Å². The Morgan fingerprint density at radius 1 is 1.00 bits per heavy atom. The predicted octanol–water partition coefficient (Wildman–Crippen LogP) is 4.74. The summed E-state index contributed by atoms with van der Waals surface area (Å²) in [6.07, 6.45) is 1.35. The maximum absolute atomic E-state index is 5.88. The van der Waals surface area contributed by atoms with Gasteiger partial charge < -0.3 is 0 Å². The van der Waals surface area contributed by atoms with Crippen LogP contribution in [0.5, 0.6) is 0 Å². The molecule has 0 aliphatic rings. The van der Waals surface area contributed by atoms with Crippen LogP contribution in [0, 0.1) is 0 Å². The Hall–Kier alpha value is 0.890. The lowest BCUT2D eigenvalue weighted by Gasteiger charge is -2.27. The van der Waals surface area contributed by atoms with Crippen molar-refractivity contribution < 1.29 is 0 Å². The van der Waals surface area contributed by atoms with Crippen molar-refractivity contribution in [1.29, 1.82) is 0 Å². The summed E-state index contributed by atoms with van der Waals surface area (Å²) in [6, 6.07) is 3.05. The van der Waals surface area contributed by atoms with Crippen LogP contribution in [0.2, 0.25) is 5.15 Å². The molecular weight excluding hydrogens is 311 g/mol. The van der Waals surface area contributed by atoms with Crippen LogP contribution < -0.4 is 0 Å². The highest BCUT2D eigenvalue weighted by Crippen LogP contribution is 2.52.